The van der Waals surface area contributed by atoms with Crippen molar-refractivity contribution in [2.45, 2.75) is 44.4 Å². The molecule has 94 valence electrons. The first-order chi connectivity index (χ1) is 8.25. The molecule has 1 unspecified atom stereocenters. The van der Waals surface area contributed by atoms with Crippen LogP contribution in [0.3, 0.4) is 0 Å². The van der Waals surface area contributed by atoms with Crippen molar-refractivity contribution >= 4 is 11.8 Å². The minimum Gasteiger partial charge on any atom is -0.313 e. The first-order valence-electron chi connectivity index (χ1n) is 6.67. The lowest BCUT2D eigenvalue weighted by atomic mass is 9.88. The summed E-state index contributed by atoms with van der Waals surface area (Å²) in [5, 5.41) is 4.45. The molecule has 1 nitrogen and oxygen atoms in total. The van der Waals surface area contributed by atoms with Crippen LogP contribution >= 0.6 is 11.8 Å². The zero-order valence-corrected chi connectivity index (χ0v) is 11.7. The lowest BCUT2D eigenvalue weighted by molar-refractivity contribution is 0.472. The molecule has 0 amide bonds. The van der Waals surface area contributed by atoms with Gasteiger partial charge in [-0.05, 0) is 35.6 Å². The van der Waals surface area contributed by atoms with E-state index >= 15 is 0 Å². The highest BCUT2D eigenvalue weighted by Crippen LogP contribution is 2.21. The average Bonchev–Trinajstić information content (AvgIpc) is 2.34. The molecule has 1 aromatic rings. The molecule has 0 heterocycles. The van der Waals surface area contributed by atoms with Gasteiger partial charge in [-0.15, -0.1) is 0 Å². The number of benzene rings is 1. The topological polar surface area (TPSA) is 12.0 Å². The summed E-state index contributed by atoms with van der Waals surface area (Å²) in [6, 6.07) is 9.58. The minimum atomic E-state index is 0.692. The van der Waals surface area contributed by atoms with Crippen molar-refractivity contribution < 1.29 is 0 Å². The molecule has 1 aliphatic carbocycles. The van der Waals surface area contributed by atoms with Crippen molar-refractivity contribution in [1.82, 2.24) is 5.32 Å². The van der Waals surface area contributed by atoms with Gasteiger partial charge in [-0.2, -0.15) is 11.8 Å². The Morgan fingerprint density at radius 3 is 2.82 bits per heavy atom. The van der Waals surface area contributed by atoms with Crippen LogP contribution in [0.25, 0.3) is 0 Å². The fraction of sp³-hybridized carbons (Fsp3) is 0.600. The van der Waals surface area contributed by atoms with E-state index in [1.165, 1.54) is 25.0 Å². The highest BCUT2D eigenvalue weighted by Gasteiger charge is 2.17. The second-order valence-electron chi connectivity index (χ2n) is 5.08. The highest BCUT2D eigenvalue weighted by atomic mass is 32.2. The van der Waals surface area contributed by atoms with Crippen LogP contribution in [-0.2, 0) is 12.8 Å². The monoisotopic (exact) mass is 249 g/mol. The van der Waals surface area contributed by atoms with Crippen molar-refractivity contribution in [3.8, 4) is 0 Å². The van der Waals surface area contributed by atoms with Crippen LogP contribution in [0, 0.1) is 0 Å². The maximum absolute atomic E-state index is 3.70. The van der Waals surface area contributed by atoms with Gasteiger partial charge in [0.2, 0.25) is 0 Å². The molecule has 17 heavy (non-hydrogen) atoms. The Morgan fingerprint density at radius 2 is 2.06 bits per heavy atom. The molecule has 0 aromatic heterocycles. The van der Waals surface area contributed by atoms with E-state index in [2.05, 4.69) is 43.4 Å². The highest BCUT2D eigenvalue weighted by molar-refractivity contribution is 7.99. The van der Waals surface area contributed by atoms with Gasteiger partial charge in [0, 0.05) is 18.3 Å². The first-order valence-corrected chi connectivity index (χ1v) is 7.72. The average molecular weight is 249 g/mol. The van der Waals surface area contributed by atoms with Crippen LogP contribution in [-0.4, -0.2) is 23.6 Å². The van der Waals surface area contributed by atoms with Crippen molar-refractivity contribution in [3.63, 3.8) is 0 Å². The molecule has 2 heteroatoms. The zero-order chi connectivity index (χ0) is 12.1. The van der Waals surface area contributed by atoms with E-state index in [1.807, 2.05) is 11.8 Å². The summed E-state index contributed by atoms with van der Waals surface area (Å²) in [6.45, 7) is 5.68. The minimum absolute atomic E-state index is 0.692. The number of aryl methyl sites for hydroxylation is 1. The summed E-state index contributed by atoms with van der Waals surface area (Å²) >= 11 is 2.04. The van der Waals surface area contributed by atoms with Crippen LogP contribution in [0.1, 0.15) is 31.4 Å². The van der Waals surface area contributed by atoms with Gasteiger partial charge in [0.15, 0.2) is 0 Å². The molecule has 0 bridgehead atoms. The summed E-state index contributed by atoms with van der Waals surface area (Å²) in [7, 11) is 0. The molecule has 1 N–H and O–H groups in total. The molecule has 0 saturated heterocycles. The van der Waals surface area contributed by atoms with Crippen LogP contribution in [0.4, 0.5) is 0 Å². The molecule has 0 aliphatic heterocycles. The van der Waals surface area contributed by atoms with Crippen LogP contribution in [0.2, 0.25) is 0 Å². The van der Waals surface area contributed by atoms with E-state index < -0.39 is 0 Å². The molecule has 1 atom stereocenters. The van der Waals surface area contributed by atoms with Gasteiger partial charge in [-0.3, -0.25) is 0 Å². The maximum Gasteiger partial charge on any atom is 0.0111 e. The SMILES string of the molecule is CC(C)SCCNC1CCc2ccccc2C1. The van der Waals surface area contributed by atoms with Crippen molar-refractivity contribution in [2.24, 2.45) is 0 Å². The summed E-state index contributed by atoms with van der Waals surface area (Å²) in [6.07, 6.45) is 3.75. The Bertz CT molecular complexity index is 349. The standard InChI is InChI=1S/C15H23NS/c1-12(2)17-10-9-16-15-8-7-13-5-3-4-6-14(13)11-15/h3-6,12,15-16H,7-11H2,1-2H3. The third kappa shape index (κ3) is 4.04. The third-order valence-electron chi connectivity index (χ3n) is 3.33. The van der Waals surface area contributed by atoms with Crippen LogP contribution in [0.5, 0.6) is 0 Å². The Kier molecular flexibility index (Phi) is 4.93. The van der Waals surface area contributed by atoms with Crippen molar-refractivity contribution in [3.05, 3.63) is 35.4 Å². The van der Waals surface area contributed by atoms with Gasteiger partial charge in [0.25, 0.3) is 0 Å². The predicted octanol–water partition coefficient (Wildman–Crippen LogP) is 3.28. The molecule has 0 fully saturated rings. The zero-order valence-electron chi connectivity index (χ0n) is 10.9. The van der Waals surface area contributed by atoms with Gasteiger partial charge in [-0.1, -0.05) is 38.1 Å². The Labute approximate surface area is 109 Å². The van der Waals surface area contributed by atoms with E-state index in [9.17, 15) is 0 Å². The lowest BCUT2D eigenvalue weighted by Crippen LogP contribution is -2.36. The summed E-state index contributed by atoms with van der Waals surface area (Å²) in [5.74, 6) is 1.23. The molecule has 1 aliphatic rings. The normalized spacial score (nSPS) is 19.4. The quantitative estimate of drug-likeness (QED) is 0.804. The number of thioether (sulfide) groups is 1. The molecule has 2 rings (SSSR count). The van der Waals surface area contributed by atoms with E-state index in [0.717, 1.165) is 11.8 Å². The number of hydrogen-bond acceptors (Lipinski definition) is 2. The fourth-order valence-electron chi connectivity index (χ4n) is 2.43. The molecule has 1 aromatic carbocycles. The molecular formula is C15H23NS. The second-order valence-corrected chi connectivity index (χ2v) is 6.77. The summed E-state index contributed by atoms with van der Waals surface area (Å²) in [4.78, 5) is 0. The van der Waals surface area contributed by atoms with Crippen molar-refractivity contribution in [1.29, 1.82) is 0 Å². The Morgan fingerprint density at radius 1 is 1.29 bits per heavy atom. The number of fused-ring (bicyclic) bond motifs is 1. The molecular weight excluding hydrogens is 226 g/mol. The van der Waals surface area contributed by atoms with E-state index in [4.69, 9.17) is 0 Å². The van der Waals surface area contributed by atoms with Crippen LogP contribution < -0.4 is 5.32 Å². The maximum atomic E-state index is 3.70. The first kappa shape index (κ1) is 13.0. The number of nitrogens with one attached hydrogen (secondary N) is 1. The molecule has 0 spiro atoms. The van der Waals surface area contributed by atoms with Gasteiger partial charge < -0.3 is 5.32 Å². The third-order valence-corrected chi connectivity index (χ3v) is 4.44. The second kappa shape index (κ2) is 6.46. The van der Waals surface area contributed by atoms with Crippen molar-refractivity contribution in [2.75, 3.05) is 12.3 Å². The van der Waals surface area contributed by atoms with Gasteiger partial charge >= 0.3 is 0 Å². The summed E-state index contributed by atoms with van der Waals surface area (Å²) < 4.78 is 0. The van der Waals surface area contributed by atoms with Gasteiger partial charge in [0.05, 0.1) is 0 Å². The van der Waals surface area contributed by atoms with E-state index in [-0.39, 0.29) is 0 Å². The number of rotatable bonds is 5. The van der Waals surface area contributed by atoms with Gasteiger partial charge in [0.1, 0.15) is 0 Å². The van der Waals surface area contributed by atoms with Gasteiger partial charge in [-0.25, -0.2) is 0 Å². The van der Waals surface area contributed by atoms with Crippen LogP contribution in [0.15, 0.2) is 24.3 Å². The van der Waals surface area contributed by atoms with E-state index in [1.54, 1.807) is 11.1 Å². The van der Waals surface area contributed by atoms with E-state index in [0.29, 0.717) is 6.04 Å². The lowest BCUT2D eigenvalue weighted by Gasteiger charge is -2.25. The Hall–Kier alpha value is -0.470. The predicted molar refractivity (Wildman–Crippen MR) is 77.9 cm³/mol. The smallest absolute Gasteiger partial charge is 0.0111 e. The number of hydrogen-bond donors (Lipinski definition) is 1. The largest absolute Gasteiger partial charge is 0.313 e. The molecule has 0 saturated carbocycles. The Balaban J connectivity index is 1.75. The molecule has 0 radical (unpaired) electrons. The fourth-order valence-corrected chi connectivity index (χ4v) is 3.14. The summed E-state index contributed by atoms with van der Waals surface area (Å²) in [5.41, 5.74) is 3.11.